The minimum Gasteiger partial charge on any atom is -0.351 e. The molecule has 0 saturated carbocycles. The van der Waals surface area contributed by atoms with Crippen LogP contribution in [-0.2, 0) is 0 Å². The van der Waals surface area contributed by atoms with Crippen LogP contribution in [0.15, 0.2) is 22.7 Å². The molecule has 1 aromatic carbocycles. The third kappa shape index (κ3) is 6.28. The van der Waals surface area contributed by atoms with Crippen LogP contribution in [0.2, 0.25) is 5.02 Å². The average Bonchev–Trinajstić information content (AvgIpc) is 2.23. The van der Waals surface area contributed by atoms with Crippen molar-refractivity contribution in [3.63, 3.8) is 0 Å². The predicted molar refractivity (Wildman–Crippen MR) is 88.3 cm³/mol. The number of nitrogens with one attached hydrogen (secondary N) is 1. The minimum atomic E-state index is -0.0955. The van der Waals surface area contributed by atoms with Gasteiger partial charge in [-0.3, -0.25) is 4.79 Å². The maximum absolute atomic E-state index is 12.0. The van der Waals surface area contributed by atoms with E-state index >= 15 is 0 Å². The van der Waals surface area contributed by atoms with Gasteiger partial charge in [-0.05, 0) is 46.0 Å². The van der Waals surface area contributed by atoms with Gasteiger partial charge in [0.05, 0.1) is 5.56 Å². The van der Waals surface area contributed by atoms with Crippen molar-refractivity contribution in [3.8, 4) is 0 Å². The first kappa shape index (κ1) is 17.0. The standard InChI is InChI=1S/C14H18Br2ClNO/c1-14(2,3)7-9(15)8-18-13(19)11-5-4-10(17)6-12(11)16/h4-6,9H,7-8H2,1-3H3,(H,18,19). The largest absolute Gasteiger partial charge is 0.351 e. The lowest BCUT2D eigenvalue weighted by Gasteiger charge is -2.22. The highest BCUT2D eigenvalue weighted by molar-refractivity contribution is 9.10. The van der Waals surface area contributed by atoms with Gasteiger partial charge in [-0.15, -0.1) is 0 Å². The molecular weight excluding hydrogens is 393 g/mol. The summed E-state index contributed by atoms with van der Waals surface area (Å²) >= 11 is 12.8. The van der Waals surface area contributed by atoms with Gasteiger partial charge in [0.25, 0.3) is 5.91 Å². The molecule has 0 aliphatic rings. The Hall–Kier alpha value is -0.0600. The molecule has 1 N–H and O–H groups in total. The Balaban J connectivity index is 2.56. The van der Waals surface area contributed by atoms with Crippen molar-refractivity contribution in [2.45, 2.75) is 32.0 Å². The summed E-state index contributed by atoms with van der Waals surface area (Å²) < 4.78 is 0.708. The fourth-order valence-corrected chi connectivity index (χ4v) is 3.70. The first-order valence-electron chi connectivity index (χ1n) is 6.06. The van der Waals surface area contributed by atoms with Crippen molar-refractivity contribution < 1.29 is 4.79 Å². The van der Waals surface area contributed by atoms with Crippen LogP contribution in [0.4, 0.5) is 0 Å². The highest BCUT2D eigenvalue weighted by Gasteiger charge is 2.18. The van der Waals surface area contributed by atoms with E-state index in [1.807, 2.05) is 0 Å². The number of benzene rings is 1. The lowest BCUT2D eigenvalue weighted by Crippen LogP contribution is -2.31. The number of amides is 1. The minimum absolute atomic E-state index is 0.0955. The van der Waals surface area contributed by atoms with Gasteiger partial charge in [0.15, 0.2) is 0 Å². The van der Waals surface area contributed by atoms with E-state index in [1.165, 1.54) is 0 Å². The summed E-state index contributed by atoms with van der Waals surface area (Å²) in [5, 5.41) is 3.53. The van der Waals surface area contributed by atoms with Gasteiger partial charge in [-0.25, -0.2) is 0 Å². The number of rotatable bonds is 4. The van der Waals surface area contributed by atoms with Crippen LogP contribution in [0, 0.1) is 5.41 Å². The highest BCUT2D eigenvalue weighted by atomic mass is 79.9. The van der Waals surface area contributed by atoms with Gasteiger partial charge in [-0.2, -0.15) is 0 Å². The van der Waals surface area contributed by atoms with Crippen molar-refractivity contribution in [2.75, 3.05) is 6.54 Å². The lowest BCUT2D eigenvalue weighted by molar-refractivity contribution is 0.0951. The molecule has 106 valence electrons. The van der Waals surface area contributed by atoms with Crippen LogP contribution in [-0.4, -0.2) is 17.3 Å². The molecule has 0 bridgehead atoms. The maximum Gasteiger partial charge on any atom is 0.252 e. The Morgan fingerprint density at radius 3 is 2.58 bits per heavy atom. The molecule has 0 saturated heterocycles. The van der Waals surface area contributed by atoms with E-state index in [9.17, 15) is 4.79 Å². The van der Waals surface area contributed by atoms with Crippen molar-refractivity contribution in [3.05, 3.63) is 33.3 Å². The Bertz CT molecular complexity index is 457. The van der Waals surface area contributed by atoms with E-state index in [2.05, 4.69) is 57.9 Å². The van der Waals surface area contributed by atoms with Crippen LogP contribution in [0.1, 0.15) is 37.6 Å². The quantitative estimate of drug-likeness (QED) is 0.692. The topological polar surface area (TPSA) is 29.1 Å². The fraction of sp³-hybridized carbons (Fsp3) is 0.500. The van der Waals surface area contributed by atoms with E-state index in [1.54, 1.807) is 18.2 Å². The molecule has 0 aromatic heterocycles. The van der Waals surface area contributed by atoms with E-state index < -0.39 is 0 Å². The summed E-state index contributed by atoms with van der Waals surface area (Å²) in [5.41, 5.74) is 0.833. The molecule has 1 rings (SSSR count). The molecule has 0 spiro atoms. The number of carbonyl (C=O) groups is 1. The number of hydrogen-bond donors (Lipinski definition) is 1. The normalized spacial score (nSPS) is 13.2. The number of alkyl halides is 1. The van der Waals surface area contributed by atoms with Gasteiger partial charge in [0.1, 0.15) is 0 Å². The Morgan fingerprint density at radius 1 is 1.42 bits per heavy atom. The Kier molecular flexibility index (Phi) is 6.34. The average molecular weight is 412 g/mol. The van der Waals surface area contributed by atoms with Crippen LogP contribution in [0.5, 0.6) is 0 Å². The van der Waals surface area contributed by atoms with Crippen LogP contribution >= 0.6 is 43.5 Å². The zero-order valence-electron chi connectivity index (χ0n) is 11.3. The predicted octanol–water partition coefficient (Wildman–Crippen LogP) is 5.03. The summed E-state index contributed by atoms with van der Waals surface area (Å²) in [7, 11) is 0. The molecular formula is C14H18Br2ClNO. The number of hydrogen-bond acceptors (Lipinski definition) is 1. The van der Waals surface area contributed by atoms with Gasteiger partial charge < -0.3 is 5.32 Å². The molecule has 0 heterocycles. The second kappa shape index (κ2) is 7.09. The molecule has 2 nitrogen and oxygen atoms in total. The lowest BCUT2D eigenvalue weighted by atomic mass is 9.90. The summed E-state index contributed by atoms with van der Waals surface area (Å²) in [6.45, 7) is 7.14. The zero-order chi connectivity index (χ0) is 14.6. The van der Waals surface area contributed by atoms with Crippen molar-refractivity contribution in [1.82, 2.24) is 5.32 Å². The van der Waals surface area contributed by atoms with Gasteiger partial charge in [0.2, 0.25) is 0 Å². The second-order valence-corrected chi connectivity index (χ2v) is 8.28. The molecule has 0 aliphatic carbocycles. The summed E-state index contributed by atoms with van der Waals surface area (Å²) in [6, 6.07) is 5.15. The van der Waals surface area contributed by atoms with Crippen LogP contribution in [0.25, 0.3) is 0 Å². The molecule has 5 heteroatoms. The Morgan fingerprint density at radius 2 is 2.05 bits per heavy atom. The van der Waals surface area contributed by atoms with Crippen molar-refractivity contribution in [1.29, 1.82) is 0 Å². The molecule has 0 radical (unpaired) electrons. The highest BCUT2D eigenvalue weighted by Crippen LogP contribution is 2.25. The molecule has 19 heavy (non-hydrogen) atoms. The third-order valence-electron chi connectivity index (χ3n) is 2.49. The molecule has 1 atom stereocenters. The number of carbonyl (C=O) groups excluding carboxylic acids is 1. The van der Waals surface area contributed by atoms with Crippen molar-refractivity contribution in [2.24, 2.45) is 5.41 Å². The zero-order valence-corrected chi connectivity index (χ0v) is 15.2. The molecule has 0 aliphatic heterocycles. The van der Waals surface area contributed by atoms with Gasteiger partial charge >= 0.3 is 0 Å². The summed E-state index contributed by atoms with van der Waals surface area (Å²) in [4.78, 5) is 12.3. The monoisotopic (exact) mass is 409 g/mol. The SMILES string of the molecule is CC(C)(C)CC(Br)CNC(=O)c1ccc(Cl)cc1Br. The smallest absolute Gasteiger partial charge is 0.252 e. The third-order valence-corrected chi connectivity index (χ3v) is 4.03. The first-order chi connectivity index (χ1) is 8.69. The van der Waals surface area contributed by atoms with Crippen molar-refractivity contribution >= 4 is 49.4 Å². The Labute approximate surface area is 136 Å². The van der Waals surface area contributed by atoms with Gasteiger partial charge in [-0.1, -0.05) is 48.3 Å². The number of halogens is 3. The fourth-order valence-electron chi connectivity index (χ4n) is 1.71. The van der Waals surface area contributed by atoms with Crippen LogP contribution < -0.4 is 5.32 Å². The maximum atomic E-state index is 12.0. The van der Waals surface area contributed by atoms with E-state index in [0.29, 0.717) is 21.6 Å². The van der Waals surface area contributed by atoms with E-state index in [0.717, 1.165) is 6.42 Å². The molecule has 1 amide bonds. The van der Waals surface area contributed by atoms with Gasteiger partial charge in [0, 0.05) is 20.9 Å². The van der Waals surface area contributed by atoms with E-state index in [4.69, 9.17) is 11.6 Å². The summed E-state index contributed by atoms with van der Waals surface area (Å²) in [6.07, 6.45) is 0.995. The first-order valence-corrected chi connectivity index (χ1v) is 8.15. The molecule has 0 fully saturated rings. The molecule has 1 unspecified atom stereocenters. The van der Waals surface area contributed by atoms with Crippen LogP contribution in [0.3, 0.4) is 0 Å². The van der Waals surface area contributed by atoms with E-state index in [-0.39, 0.29) is 16.1 Å². The molecule has 1 aromatic rings. The summed E-state index contributed by atoms with van der Waals surface area (Å²) in [5.74, 6) is -0.0955. The second-order valence-electron chi connectivity index (χ2n) is 5.70.